The van der Waals surface area contributed by atoms with Gasteiger partial charge in [-0.1, -0.05) is 29.8 Å². The largest absolute Gasteiger partial charge is 0.508 e. The number of hydrogen-bond donors (Lipinski definition) is 3. The van der Waals surface area contributed by atoms with Crippen LogP contribution in [0.5, 0.6) is 5.75 Å². The van der Waals surface area contributed by atoms with Crippen molar-refractivity contribution in [3.63, 3.8) is 0 Å². The number of aromatic hydroxyl groups is 1. The van der Waals surface area contributed by atoms with Crippen LogP contribution in [-0.4, -0.2) is 35.0 Å². The summed E-state index contributed by atoms with van der Waals surface area (Å²) in [6, 6.07) is 13.5. The summed E-state index contributed by atoms with van der Waals surface area (Å²) in [4.78, 5) is 29.5. The lowest BCUT2D eigenvalue weighted by atomic mass is 10.2. The van der Waals surface area contributed by atoms with Gasteiger partial charge in [0.2, 0.25) is 0 Å². The Morgan fingerprint density at radius 1 is 1.07 bits per heavy atom. The van der Waals surface area contributed by atoms with Gasteiger partial charge in [-0.2, -0.15) is 0 Å². The predicted octanol–water partition coefficient (Wildman–Crippen LogP) is 4.03. The Bertz CT molecular complexity index is 1040. The lowest BCUT2D eigenvalue weighted by Gasteiger charge is -2.07. The topological polar surface area (TPSA) is 91.3 Å². The molecule has 1 aromatic heterocycles. The van der Waals surface area contributed by atoms with Crippen LogP contribution in [0, 0.1) is 6.92 Å². The minimum atomic E-state index is -0.267. The molecule has 0 aliphatic heterocycles. The van der Waals surface area contributed by atoms with Gasteiger partial charge in [0, 0.05) is 29.2 Å². The number of phenolic OH excluding ortho intramolecular Hbond substituents is 1. The molecule has 2 amide bonds. The van der Waals surface area contributed by atoms with Crippen molar-refractivity contribution in [2.45, 2.75) is 13.3 Å². The maximum absolute atomic E-state index is 12.5. The van der Waals surface area contributed by atoms with E-state index < -0.39 is 0 Å². The van der Waals surface area contributed by atoms with E-state index in [1.165, 1.54) is 23.5 Å². The van der Waals surface area contributed by atoms with Crippen LogP contribution < -0.4 is 10.6 Å². The Balaban J connectivity index is 1.48. The third-order valence-electron chi connectivity index (χ3n) is 4.11. The van der Waals surface area contributed by atoms with Gasteiger partial charge in [0.25, 0.3) is 11.8 Å². The SMILES string of the molecule is Cc1nc(-c2cccc(Cl)c2)sc1C(=O)NCCCNC(=O)c1cccc(O)c1. The quantitative estimate of drug-likeness (QED) is 0.494. The molecular weight excluding hydrogens is 410 g/mol. The molecule has 0 fully saturated rings. The summed E-state index contributed by atoms with van der Waals surface area (Å²) in [6.07, 6.45) is 0.579. The number of phenols is 1. The van der Waals surface area contributed by atoms with Crippen molar-refractivity contribution in [1.82, 2.24) is 15.6 Å². The van der Waals surface area contributed by atoms with Gasteiger partial charge in [0.05, 0.1) is 5.69 Å². The van der Waals surface area contributed by atoms with E-state index in [1.54, 1.807) is 25.1 Å². The summed E-state index contributed by atoms with van der Waals surface area (Å²) in [5.74, 6) is -0.411. The first kappa shape index (κ1) is 20.8. The van der Waals surface area contributed by atoms with Crippen molar-refractivity contribution in [3.05, 3.63) is 69.7 Å². The first-order valence-electron chi connectivity index (χ1n) is 9.03. The van der Waals surface area contributed by atoms with Crippen LogP contribution in [0.1, 0.15) is 32.1 Å². The van der Waals surface area contributed by atoms with Crippen molar-refractivity contribution in [2.24, 2.45) is 0 Å². The first-order valence-corrected chi connectivity index (χ1v) is 10.2. The molecule has 2 aromatic carbocycles. The molecule has 0 spiro atoms. The molecule has 8 heteroatoms. The standard InChI is InChI=1S/C21H20ClN3O3S/c1-13-18(29-21(25-13)15-6-2-7-16(22)11-15)20(28)24-10-4-9-23-19(27)14-5-3-8-17(26)12-14/h2-3,5-8,11-12,26H,4,9-10H2,1H3,(H,23,27)(H,24,28). The van der Waals surface area contributed by atoms with Crippen molar-refractivity contribution < 1.29 is 14.7 Å². The Labute approximate surface area is 177 Å². The molecule has 0 unspecified atom stereocenters. The summed E-state index contributed by atoms with van der Waals surface area (Å²) < 4.78 is 0. The number of rotatable bonds is 7. The van der Waals surface area contributed by atoms with E-state index in [-0.39, 0.29) is 17.6 Å². The van der Waals surface area contributed by atoms with Crippen molar-refractivity contribution in [3.8, 4) is 16.3 Å². The van der Waals surface area contributed by atoms with Gasteiger partial charge >= 0.3 is 0 Å². The van der Waals surface area contributed by atoms with Crippen LogP contribution in [0.15, 0.2) is 48.5 Å². The van der Waals surface area contributed by atoms with E-state index in [0.717, 1.165) is 10.6 Å². The van der Waals surface area contributed by atoms with E-state index in [9.17, 15) is 14.7 Å². The average molecular weight is 430 g/mol. The number of thiazole rings is 1. The summed E-state index contributed by atoms with van der Waals surface area (Å²) in [5.41, 5.74) is 1.93. The third-order valence-corrected chi connectivity index (χ3v) is 5.55. The van der Waals surface area contributed by atoms with Crippen molar-refractivity contribution >= 4 is 34.8 Å². The zero-order valence-corrected chi connectivity index (χ0v) is 17.3. The number of carbonyl (C=O) groups is 2. The zero-order valence-electron chi connectivity index (χ0n) is 15.7. The van der Waals surface area contributed by atoms with E-state index in [1.807, 2.05) is 18.2 Å². The van der Waals surface area contributed by atoms with E-state index in [2.05, 4.69) is 15.6 Å². The molecule has 1 heterocycles. The lowest BCUT2D eigenvalue weighted by molar-refractivity contribution is 0.0952. The highest BCUT2D eigenvalue weighted by Gasteiger charge is 2.16. The summed E-state index contributed by atoms with van der Waals surface area (Å²) in [7, 11) is 0. The van der Waals surface area contributed by atoms with Crippen molar-refractivity contribution in [2.75, 3.05) is 13.1 Å². The first-order chi connectivity index (χ1) is 13.9. The fraction of sp³-hybridized carbons (Fsp3) is 0.190. The normalized spacial score (nSPS) is 10.6. The molecule has 0 saturated heterocycles. The van der Waals surface area contributed by atoms with Gasteiger partial charge in [0.1, 0.15) is 15.6 Å². The minimum absolute atomic E-state index is 0.0435. The average Bonchev–Trinajstić information content (AvgIpc) is 3.09. The second kappa shape index (κ2) is 9.54. The number of carbonyl (C=O) groups excluding carboxylic acids is 2. The Morgan fingerprint density at radius 2 is 1.79 bits per heavy atom. The number of nitrogens with zero attached hydrogens (tertiary/aromatic N) is 1. The molecule has 3 rings (SSSR count). The molecule has 0 atom stereocenters. The second-order valence-electron chi connectivity index (χ2n) is 6.36. The maximum Gasteiger partial charge on any atom is 0.263 e. The van der Waals surface area contributed by atoms with E-state index in [0.29, 0.717) is 40.7 Å². The number of halogens is 1. The van der Waals surface area contributed by atoms with E-state index in [4.69, 9.17) is 11.6 Å². The maximum atomic E-state index is 12.5. The van der Waals surface area contributed by atoms with Crippen LogP contribution in [0.4, 0.5) is 0 Å². The van der Waals surface area contributed by atoms with Crippen LogP contribution in [0.2, 0.25) is 5.02 Å². The fourth-order valence-corrected chi connectivity index (χ4v) is 3.84. The van der Waals surface area contributed by atoms with Gasteiger partial charge in [0.15, 0.2) is 0 Å². The number of amides is 2. The van der Waals surface area contributed by atoms with Crippen LogP contribution in [0.3, 0.4) is 0 Å². The molecule has 0 bridgehead atoms. The highest BCUT2D eigenvalue weighted by molar-refractivity contribution is 7.17. The lowest BCUT2D eigenvalue weighted by Crippen LogP contribution is -2.29. The van der Waals surface area contributed by atoms with Gasteiger partial charge < -0.3 is 15.7 Å². The van der Waals surface area contributed by atoms with Gasteiger partial charge in [-0.15, -0.1) is 11.3 Å². The highest BCUT2D eigenvalue weighted by Crippen LogP contribution is 2.29. The van der Waals surface area contributed by atoms with Gasteiger partial charge in [-0.3, -0.25) is 9.59 Å². The Morgan fingerprint density at radius 3 is 2.52 bits per heavy atom. The Kier molecular flexibility index (Phi) is 6.85. The number of aromatic nitrogens is 1. The molecule has 0 aliphatic carbocycles. The second-order valence-corrected chi connectivity index (χ2v) is 7.80. The van der Waals surface area contributed by atoms with Crippen LogP contribution in [0.25, 0.3) is 10.6 Å². The molecule has 0 radical (unpaired) electrons. The Hall–Kier alpha value is -2.90. The molecule has 3 aromatic rings. The number of benzene rings is 2. The zero-order chi connectivity index (χ0) is 20.8. The molecule has 6 nitrogen and oxygen atoms in total. The van der Waals surface area contributed by atoms with Crippen LogP contribution in [-0.2, 0) is 0 Å². The molecule has 29 heavy (non-hydrogen) atoms. The highest BCUT2D eigenvalue weighted by atomic mass is 35.5. The molecule has 0 aliphatic rings. The van der Waals surface area contributed by atoms with Gasteiger partial charge in [-0.25, -0.2) is 4.98 Å². The monoisotopic (exact) mass is 429 g/mol. The fourth-order valence-electron chi connectivity index (χ4n) is 2.67. The predicted molar refractivity (Wildman–Crippen MR) is 115 cm³/mol. The molecule has 150 valence electrons. The molecule has 3 N–H and O–H groups in total. The van der Waals surface area contributed by atoms with Crippen molar-refractivity contribution in [1.29, 1.82) is 0 Å². The third kappa shape index (κ3) is 5.56. The molecule has 0 saturated carbocycles. The van der Waals surface area contributed by atoms with Crippen LogP contribution >= 0.6 is 22.9 Å². The van der Waals surface area contributed by atoms with Gasteiger partial charge in [-0.05, 0) is 43.7 Å². The summed E-state index contributed by atoms with van der Waals surface area (Å²) in [5, 5.41) is 16.4. The number of nitrogens with one attached hydrogen (secondary N) is 2. The summed E-state index contributed by atoms with van der Waals surface area (Å²) in [6.45, 7) is 2.63. The smallest absolute Gasteiger partial charge is 0.263 e. The number of hydrogen-bond acceptors (Lipinski definition) is 5. The molecular formula is C21H20ClN3O3S. The summed E-state index contributed by atoms with van der Waals surface area (Å²) >= 11 is 7.35. The van der Waals surface area contributed by atoms with E-state index >= 15 is 0 Å². The number of aryl methyl sites for hydroxylation is 1. The minimum Gasteiger partial charge on any atom is -0.508 e.